The summed E-state index contributed by atoms with van der Waals surface area (Å²) in [6, 6.07) is 5.85. The highest BCUT2D eigenvalue weighted by molar-refractivity contribution is 5.93. The first-order chi connectivity index (χ1) is 16.7. The number of hydroxylamine groups is 2. The number of rotatable bonds is 14. The summed E-state index contributed by atoms with van der Waals surface area (Å²) in [7, 11) is 0. The van der Waals surface area contributed by atoms with Crippen LogP contribution in [0.4, 0.5) is 0 Å². The molecule has 1 heterocycles. The van der Waals surface area contributed by atoms with E-state index in [-0.39, 0.29) is 41.5 Å². The molecule has 0 saturated heterocycles. The molecule has 190 valence electrons. The smallest absolute Gasteiger partial charge is 0.335 e. The second kappa shape index (κ2) is 13.1. The number of carbonyl (C=O) groups excluding carboxylic acids is 3. The van der Waals surface area contributed by atoms with Gasteiger partial charge in [-0.3, -0.25) is 19.6 Å². The van der Waals surface area contributed by atoms with Gasteiger partial charge in [-0.15, -0.1) is 0 Å². The zero-order valence-corrected chi connectivity index (χ0v) is 19.7. The van der Waals surface area contributed by atoms with Crippen LogP contribution in [0.15, 0.2) is 34.7 Å². The molecular weight excluding hydrogens is 458 g/mol. The van der Waals surface area contributed by atoms with Crippen molar-refractivity contribution in [2.75, 3.05) is 6.67 Å². The normalized spacial score (nSPS) is 12.4. The van der Waals surface area contributed by atoms with Crippen molar-refractivity contribution in [1.29, 1.82) is 0 Å². The fourth-order valence-corrected chi connectivity index (χ4v) is 3.77. The van der Waals surface area contributed by atoms with Crippen LogP contribution in [0.1, 0.15) is 66.9 Å². The van der Waals surface area contributed by atoms with Gasteiger partial charge in [0, 0.05) is 5.56 Å². The monoisotopic (exact) mass is 489 g/mol. The molecule has 3 amide bonds. The standard InChI is InChI=1S/C24H31N3O8/c1-3-5-6-7-18(19(4-2)27(34)14-28)22(30)25-13-26-23(31)21-9-8-20(35-21)15-10-16(24(32)33)12-17(29)11-15/h8-12,14,18-19,29,34H,3-7,13H2,1-2H3,(H,25,30)(H,26,31)(H,32,33)/t18?,19-/m1/s1. The van der Waals surface area contributed by atoms with Gasteiger partial charge in [-0.05, 0) is 43.2 Å². The van der Waals surface area contributed by atoms with E-state index < -0.39 is 29.7 Å². The van der Waals surface area contributed by atoms with Crippen molar-refractivity contribution < 1.29 is 39.0 Å². The highest BCUT2D eigenvalue weighted by Crippen LogP contribution is 2.27. The van der Waals surface area contributed by atoms with E-state index in [1.54, 1.807) is 6.92 Å². The van der Waals surface area contributed by atoms with Crippen LogP contribution >= 0.6 is 0 Å². The fourth-order valence-electron chi connectivity index (χ4n) is 3.77. The highest BCUT2D eigenvalue weighted by Gasteiger charge is 2.30. The Labute approximate surface area is 202 Å². The van der Waals surface area contributed by atoms with Gasteiger partial charge in [0.05, 0.1) is 24.2 Å². The maximum Gasteiger partial charge on any atom is 0.335 e. The van der Waals surface area contributed by atoms with Gasteiger partial charge >= 0.3 is 5.97 Å². The van der Waals surface area contributed by atoms with Crippen LogP contribution in [-0.4, -0.2) is 57.4 Å². The average molecular weight is 490 g/mol. The van der Waals surface area contributed by atoms with Crippen LogP contribution < -0.4 is 10.6 Å². The van der Waals surface area contributed by atoms with Gasteiger partial charge in [0.2, 0.25) is 12.3 Å². The number of carbonyl (C=O) groups is 4. The number of amides is 3. The quantitative estimate of drug-likeness (QED) is 0.0886. The van der Waals surface area contributed by atoms with Crippen molar-refractivity contribution in [2.24, 2.45) is 5.92 Å². The summed E-state index contributed by atoms with van der Waals surface area (Å²) in [5.74, 6) is -3.07. The van der Waals surface area contributed by atoms with E-state index >= 15 is 0 Å². The van der Waals surface area contributed by atoms with E-state index in [1.807, 2.05) is 6.92 Å². The Kier molecular flexibility index (Phi) is 10.3. The Hall–Kier alpha value is -3.86. The minimum absolute atomic E-state index is 0.0807. The van der Waals surface area contributed by atoms with E-state index in [4.69, 9.17) is 9.52 Å². The number of nitrogens with one attached hydrogen (secondary N) is 2. The van der Waals surface area contributed by atoms with Crippen molar-refractivity contribution in [2.45, 2.75) is 52.0 Å². The van der Waals surface area contributed by atoms with Crippen LogP contribution in [0.5, 0.6) is 5.75 Å². The number of phenols is 1. The molecule has 0 aliphatic heterocycles. The SMILES string of the molecule is CCCCCC(C(=O)NCNC(=O)c1ccc(-c2cc(O)cc(C(=O)O)c2)o1)[C@@H](CC)N(O)C=O. The van der Waals surface area contributed by atoms with E-state index in [0.717, 1.165) is 25.3 Å². The molecule has 2 atom stereocenters. The van der Waals surface area contributed by atoms with Crippen molar-refractivity contribution in [3.8, 4) is 17.1 Å². The predicted molar refractivity (Wildman–Crippen MR) is 125 cm³/mol. The number of aromatic carboxylic acids is 1. The second-order valence-corrected chi connectivity index (χ2v) is 8.02. The Morgan fingerprint density at radius 1 is 1.11 bits per heavy atom. The molecule has 0 bridgehead atoms. The summed E-state index contributed by atoms with van der Waals surface area (Å²) < 4.78 is 5.49. The maximum absolute atomic E-state index is 12.8. The third-order valence-electron chi connectivity index (χ3n) is 5.58. The topological polar surface area (TPSA) is 169 Å². The zero-order valence-electron chi connectivity index (χ0n) is 19.7. The van der Waals surface area contributed by atoms with E-state index in [9.17, 15) is 29.5 Å². The first kappa shape index (κ1) is 27.4. The number of nitrogens with zero attached hydrogens (tertiary/aromatic N) is 1. The van der Waals surface area contributed by atoms with Gasteiger partial charge in [-0.2, -0.15) is 0 Å². The molecule has 35 heavy (non-hydrogen) atoms. The Balaban J connectivity index is 2.02. The third-order valence-corrected chi connectivity index (χ3v) is 5.58. The summed E-state index contributed by atoms with van der Waals surface area (Å²) in [4.78, 5) is 47.4. The minimum Gasteiger partial charge on any atom is -0.508 e. The molecular formula is C24H31N3O8. The van der Waals surface area contributed by atoms with Gasteiger partial charge in [0.25, 0.3) is 5.91 Å². The van der Waals surface area contributed by atoms with Crippen LogP contribution in [-0.2, 0) is 9.59 Å². The molecule has 5 N–H and O–H groups in total. The minimum atomic E-state index is -1.22. The molecule has 1 unspecified atom stereocenters. The van der Waals surface area contributed by atoms with Crippen molar-refractivity contribution in [1.82, 2.24) is 15.7 Å². The van der Waals surface area contributed by atoms with Crippen LogP contribution in [0.25, 0.3) is 11.3 Å². The fraction of sp³-hybridized carbons (Fsp3) is 0.417. The molecule has 0 aliphatic rings. The molecule has 1 aromatic carbocycles. The van der Waals surface area contributed by atoms with Gasteiger partial charge in [-0.25, -0.2) is 9.86 Å². The molecule has 0 radical (unpaired) electrons. The molecule has 0 fully saturated rings. The van der Waals surface area contributed by atoms with Gasteiger partial charge in [0.15, 0.2) is 5.76 Å². The van der Waals surface area contributed by atoms with Gasteiger partial charge < -0.3 is 25.3 Å². The number of carboxylic acids is 1. The number of hydrogen-bond acceptors (Lipinski definition) is 7. The molecule has 11 heteroatoms. The molecule has 1 aromatic heterocycles. The van der Waals surface area contributed by atoms with Crippen molar-refractivity contribution >= 4 is 24.2 Å². The predicted octanol–water partition coefficient (Wildman–Crippen LogP) is 2.98. The molecule has 0 aliphatic carbocycles. The number of benzene rings is 1. The molecule has 2 aromatic rings. The van der Waals surface area contributed by atoms with Crippen molar-refractivity contribution in [3.05, 3.63) is 41.7 Å². The summed E-state index contributed by atoms with van der Waals surface area (Å²) in [5.41, 5.74) is 0.138. The average Bonchev–Trinajstić information content (AvgIpc) is 3.33. The lowest BCUT2D eigenvalue weighted by molar-refractivity contribution is -0.168. The van der Waals surface area contributed by atoms with E-state index in [2.05, 4.69) is 10.6 Å². The lowest BCUT2D eigenvalue weighted by Crippen LogP contribution is -2.47. The highest BCUT2D eigenvalue weighted by atomic mass is 16.5. The number of phenolic OH excluding ortho intramolecular Hbond substituents is 1. The van der Waals surface area contributed by atoms with Crippen LogP contribution in [0.2, 0.25) is 0 Å². The molecule has 0 saturated carbocycles. The van der Waals surface area contributed by atoms with Crippen LogP contribution in [0, 0.1) is 5.92 Å². The van der Waals surface area contributed by atoms with Crippen LogP contribution in [0.3, 0.4) is 0 Å². The van der Waals surface area contributed by atoms with E-state index in [1.165, 1.54) is 24.3 Å². The largest absolute Gasteiger partial charge is 0.508 e. The summed E-state index contributed by atoms with van der Waals surface area (Å²) >= 11 is 0. The van der Waals surface area contributed by atoms with Crippen molar-refractivity contribution in [3.63, 3.8) is 0 Å². The van der Waals surface area contributed by atoms with E-state index in [0.29, 0.717) is 17.9 Å². The second-order valence-electron chi connectivity index (χ2n) is 8.02. The Morgan fingerprint density at radius 2 is 1.86 bits per heavy atom. The molecule has 11 nitrogen and oxygen atoms in total. The number of furan rings is 1. The summed E-state index contributed by atoms with van der Waals surface area (Å²) in [6.07, 6.45) is 3.72. The number of unbranched alkanes of at least 4 members (excludes halogenated alkanes) is 2. The molecule has 0 spiro atoms. The van der Waals surface area contributed by atoms with Gasteiger partial charge in [-0.1, -0.05) is 33.1 Å². The first-order valence-corrected chi connectivity index (χ1v) is 11.4. The Bertz CT molecular complexity index is 1040. The summed E-state index contributed by atoms with van der Waals surface area (Å²) in [5, 5.41) is 34.4. The lowest BCUT2D eigenvalue weighted by Gasteiger charge is -2.29. The Morgan fingerprint density at radius 3 is 2.49 bits per heavy atom. The molecule has 2 rings (SSSR count). The third kappa shape index (κ3) is 7.57. The lowest BCUT2D eigenvalue weighted by atomic mass is 9.90. The van der Waals surface area contributed by atoms with Gasteiger partial charge in [0.1, 0.15) is 11.5 Å². The summed E-state index contributed by atoms with van der Waals surface area (Å²) in [6.45, 7) is 3.58. The first-order valence-electron chi connectivity index (χ1n) is 11.4. The zero-order chi connectivity index (χ0) is 26.0. The number of aromatic hydroxyl groups is 1. The maximum atomic E-state index is 12.8. The number of hydrogen-bond donors (Lipinski definition) is 5. The number of carboxylic acid groups (broad SMARTS) is 1.